The van der Waals surface area contributed by atoms with E-state index >= 15 is 0 Å². The summed E-state index contributed by atoms with van der Waals surface area (Å²) in [5.41, 5.74) is 1.63. The molecule has 0 radical (unpaired) electrons. The van der Waals surface area contributed by atoms with Crippen LogP contribution in [-0.2, 0) is 19.0 Å². The first-order chi connectivity index (χ1) is 18.9. The van der Waals surface area contributed by atoms with E-state index in [2.05, 4.69) is 6.58 Å². The van der Waals surface area contributed by atoms with Gasteiger partial charge in [0.1, 0.15) is 23.0 Å². The van der Waals surface area contributed by atoms with Crippen LogP contribution in [0.15, 0.2) is 96.5 Å². The van der Waals surface area contributed by atoms with E-state index in [4.69, 9.17) is 23.7 Å². The number of hydrogen-bond donors (Lipinski definition) is 0. The lowest BCUT2D eigenvalue weighted by Gasteiger charge is -2.09. The Morgan fingerprint density at radius 3 is 2.03 bits per heavy atom. The predicted molar refractivity (Wildman–Crippen MR) is 145 cm³/mol. The predicted octanol–water partition coefficient (Wildman–Crippen LogP) is 6.11. The van der Waals surface area contributed by atoms with E-state index in [-0.39, 0.29) is 0 Å². The third-order valence-corrected chi connectivity index (χ3v) is 5.42. The second-order valence-corrected chi connectivity index (χ2v) is 8.56. The van der Waals surface area contributed by atoms with Crippen LogP contribution in [0.4, 0.5) is 0 Å². The highest BCUT2D eigenvalue weighted by Crippen LogP contribution is 2.23. The summed E-state index contributed by atoms with van der Waals surface area (Å²) in [6.07, 6.45) is 7.85. The molecule has 0 amide bonds. The van der Waals surface area contributed by atoms with Gasteiger partial charge in [-0.25, -0.2) is 14.4 Å². The summed E-state index contributed by atoms with van der Waals surface area (Å²) in [7, 11) is 0. The van der Waals surface area contributed by atoms with Crippen LogP contribution in [0.1, 0.15) is 53.8 Å². The molecule has 0 unspecified atom stereocenters. The number of rotatable bonds is 13. The molecule has 0 saturated heterocycles. The zero-order chi connectivity index (χ0) is 28.0. The Hall–Kier alpha value is -4.59. The van der Waals surface area contributed by atoms with Crippen molar-refractivity contribution in [3.05, 3.63) is 108 Å². The van der Waals surface area contributed by atoms with Crippen molar-refractivity contribution in [2.45, 2.75) is 33.1 Å². The molecule has 204 valence electrons. The Bertz CT molecular complexity index is 1250. The number of benzene rings is 2. The summed E-state index contributed by atoms with van der Waals surface area (Å²) in [5, 5.41) is 0. The van der Waals surface area contributed by atoms with Gasteiger partial charge in [0.15, 0.2) is 0 Å². The van der Waals surface area contributed by atoms with Gasteiger partial charge < -0.3 is 23.7 Å². The normalized spacial score (nSPS) is 12.6. The van der Waals surface area contributed by atoms with Gasteiger partial charge in [0.2, 0.25) is 0 Å². The molecule has 0 saturated carbocycles. The maximum atomic E-state index is 12.7. The van der Waals surface area contributed by atoms with E-state index in [9.17, 15) is 14.4 Å². The van der Waals surface area contributed by atoms with Gasteiger partial charge in [0.05, 0.1) is 30.9 Å². The molecule has 0 aromatic heterocycles. The maximum Gasteiger partial charge on any atom is 0.343 e. The average molecular weight is 533 g/mol. The van der Waals surface area contributed by atoms with Gasteiger partial charge in [-0.1, -0.05) is 12.2 Å². The monoisotopic (exact) mass is 532 g/mol. The van der Waals surface area contributed by atoms with Crippen molar-refractivity contribution < 1.29 is 38.1 Å². The standard InChI is InChI=1S/C31H32O8/c1-4-29(32)37-19-7-6-18-36-26-14-10-24(11-15-26)31(34)39-28-17-16-27(20-22(3)21-28)38-30(33)23-8-12-25(13-9-23)35-5-2/h4,8-17,21H,1,5-7,18-20H2,2-3H3. The van der Waals surface area contributed by atoms with Crippen molar-refractivity contribution in [3.8, 4) is 11.5 Å². The van der Waals surface area contributed by atoms with Crippen molar-refractivity contribution in [1.29, 1.82) is 0 Å². The summed E-state index contributed by atoms with van der Waals surface area (Å²) in [4.78, 5) is 36.2. The molecule has 0 bridgehead atoms. The number of esters is 3. The van der Waals surface area contributed by atoms with Crippen molar-refractivity contribution >= 4 is 17.9 Å². The molecule has 0 fully saturated rings. The Morgan fingerprint density at radius 1 is 0.821 bits per heavy atom. The third kappa shape index (κ3) is 9.66. The SMILES string of the molecule is C=CC(=O)OCCCCOc1ccc(C(=O)OC2=CC=C(OC(=O)c3ccc(OCC)cc3)CC(C)=C2)cc1. The van der Waals surface area contributed by atoms with Gasteiger partial charge in [-0.3, -0.25) is 0 Å². The van der Waals surface area contributed by atoms with Crippen LogP contribution in [0.2, 0.25) is 0 Å². The highest BCUT2D eigenvalue weighted by atomic mass is 16.5. The lowest BCUT2D eigenvalue weighted by Crippen LogP contribution is -2.05. The van der Waals surface area contributed by atoms with Gasteiger partial charge in [0.25, 0.3) is 0 Å². The smallest absolute Gasteiger partial charge is 0.343 e. The molecule has 0 atom stereocenters. The Balaban J connectivity index is 1.51. The quantitative estimate of drug-likeness (QED) is 0.132. The molecule has 1 aliphatic rings. The van der Waals surface area contributed by atoms with E-state index in [0.717, 1.165) is 11.6 Å². The summed E-state index contributed by atoms with van der Waals surface area (Å²) in [6, 6.07) is 13.4. The van der Waals surface area contributed by atoms with Crippen molar-refractivity contribution in [1.82, 2.24) is 0 Å². The minimum absolute atomic E-state index is 0.310. The van der Waals surface area contributed by atoms with Gasteiger partial charge in [0, 0.05) is 12.5 Å². The fourth-order valence-electron chi connectivity index (χ4n) is 3.50. The van der Waals surface area contributed by atoms with E-state index in [0.29, 0.717) is 73.2 Å². The second-order valence-electron chi connectivity index (χ2n) is 8.56. The Morgan fingerprint density at radius 2 is 1.41 bits per heavy atom. The molecule has 39 heavy (non-hydrogen) atoms. The van der Waals surface area contributed by atoms with Gasteiger partial charge in [-0.05, 0) is 93.4 Å². The molecule has 0 heterocycles. The molecule has 2 aromatic rings. The topological polar surface area (TPSA) is 97.4 Å². The Labute approximate surface area is 228 Å². The molecule has 0 aliphatic heterocycles. The number of carbonyl (C=O) groups excluding carboxylic acids is 3. The van der Waals surface area contributed by atoms with Crippen LogP contribution in [-0.4, -0.2) is 37.7 Å². The van der Waals surface area contributed by atoms with Crippen LogP contribution in [0.25, 0.3) is 0 Å². The summed E-state index contributed by atoms with van der Waals surface area (Å²) >= 11 is 0. The molecular formula is C31H32O8. The summed E-state index contributed by atoms with van der Waals surface area (Å²) in [5.74, 6) is 0.619. The maximum absolute atomic E-state index is 12.7. The van der Waals surface area contributed by atoms with Crippen molar-refractivity contribution in [3.63, 3.8) is 0 Å². The first-order valence-electron chi connectivity index (χ1n) is 12.6. The highest BCUT2D eigenvalue weighted by molar-refractivity contribution is 5.91. The van der Waals surface area contributed by atoms with Crippen LogP contribution in [0, 0.1) is 0 Å². The number of unbranched alkanes of at least 4 members (excludes halogenated alkanes) is 1. The second kappa shape index (κ2) is 15.0. The number of hydrogen-bond acceptors (Lipinski definition) is 8. The fraction of sp³-hybridized carbons (Fsp3) is 0.258. The molecule has 0 spiro atoms. The fourth-order valence-corrected chi connectivity index (χ4v) is 3.50. The zero-order valence-electron chi connectivity index (χ0n) is 22.1. The van der Waals surface area contributed by atoms with Crippen molar-refractivity contribution in [2.24, 2.45) is 0 Å². The molecule has 1 aliphatic carbocycles. The number of allylic oxidation sites excluding steroid dienone is 4. The molecule has 3 rings (SSSR count). The minimum Gasteiger partial charge on any atom is -0.494 e. The van der Waals surface area contributed by atoms with Crippen LogP contribution in [0.5, 0.6) is 11.5 Å². The first-order valence-corrected chi connectivity index (χ1v) is 12.6. The van der Waals surface area contributed by atoms with Crippen LogP contribution >= 0.6 is 0 Å². The largest absolute Gasteiger partial charge is 0.494 e. The molecule has 2 aromatic carbocycles. The average Bonchev–Trinajstić information content (AvgIpc) is 3.11. The van der Waals surface area contributed by atoms with E-state index in [1.807, 2.05) is 13.8 Å². The van der Waals surface area contributed by atoms with Crippen LogP contribution < -0.4 is 9.47 Å². The molecule has 8 heteroatoms. The molecule has 8 nitrogen and oxygen atoms in total. The van der Waals surface area contributed by atoms with E-state index < -0.39 is 17.9 Å². The zero-order valence-corrected chi connectivity index (χ0v) is 22.1. The Kier molecular flexibility index (Phi) is 11.1. The third-order valence-electron chi connectivity index (χ3n) is 5.42. The minimum atomic E-state index is -0.524. The molecule has 0 N–H and O–H groups in total. The van der Waals surface area contributed by atoms with E-state index in [1.54, 1.807) is 66.8 Å². The van der Waals surface area contributed by atoms with Gasteiger partial charge in [-0.15, -0.1) is 0 Å². The lowest BCUT2D eigenvalue weighted by molar-refractivity contribution is -0.137. The van der Waals surface area contributed by atoms with Crippen molar-refractivity contribution in [2.75, 3.05) is 19.8 Å². The van der Waals surface area contributed by atoms with Gasteiger partial charge in [-0.2, -0.15) is 0 Å². The lowest BCUT2D eigenvalue weighted by atomic mass is 10.2. The van der Waals surface area contributed by atoms with E-state index in [1.165, 1.54) is 0 Å². The summed E-state index contributed by atoms with van der Waals surface area (Å²) in [6.45, 7) is 8.40. The first kappa shape index (κ1) is 29.0. The number of carbonyl (C=O) groups is 3. The number of ether oxygens (including phenoxy) is 5. The summed E-state index contributed by atoms with van der Waals surface area (Å²) < 4.78 is 27.1. The van der Waals surface area contributed by atoms with Gasteiger partial charge >= 0.3 is 17.9 Å². The highest BCUT2D eigenvalue weighted by Gasteiger charge is 2.15. The van der Waals surface area contributed by atoms with Crippen LogP contribution in [0.3, 0.4) is 0 Å². The molecular weight excluding hydrogens is 500 g/mol.